The van der Waals surface area contributed by atoms with Gasteiger partial charge in [0, 0.05) is 25.2 Å². The fourth-order valence-electron chi connectivity index (χ4n) is 4.10. The van der Waals surface area contributed by atoms with Crippen LogP contribution in [0.3, 0.4) is 0 Å². The number of hydrogen-bond acceptors (Lipinski definition) is 7. The van der Waals surface area contributed by atoms with E-state index in [1.807, 2.05) is 11.4 Å². The summed E-state index contributed by atoms with van der Waals surface area (Å²) in [5.41, 5.74) is 0.783. The summed E-state index contributed by atoms with van der Waals surface area (Å²) in [6.45, 7) is 4.14. The van der Waals surface area contributed by atoms with E-state index in [1.54, 1.807) is 0 Å². The molecule has 8 nitrogen and oxygen atoms in total. The average Bonchev–Trinajstić information content (AvgIpc) is 3.39. The lowest BCUT2D eigenvalue weighted by Crippen LogP contribution is -2.59. The summed E-state index contributed by atoms with van der Waals surface area (Å²) < 4.78 is 7.06. The van der Waals surface area contributed by atoms with Crippen molar-refractivity contribution in [2.24, 2.45) is 0 Å². The third-order valence-electron chi connectivity index (χ3n) is 5.49. The number of hydrogen-bond donors (Lipinski definition) is 1. The predicted octanol–water partition coefficient (Wildman–Crippen LogP) is 1.49. The molecule has 0 radical (unpaired) electrons. The van der Waals surface area contributed by atoms with Crippen LogP contribution in [0.2, 0.25) is 0 Å². The minimum Gasteiger partial charge on any atom is -0.379 e. The van der Waals surface area contributed by atoms with Gasteiger partial charge in [-0.3, -0.25) is 9.69 Å². The highest BCUT2D eigenvalue weighted by Crippen LogP contribution is 2.34. The topological polar surface area (TPSA) is 85.2 Å². The average molecular weight is 376 g/mol. The largest absolute Gasteiger partial charge is 0.379 e. The Balaban J connectivity index is 1.48. The van der Waals surface area contributed by atoms with E-state index >= 15 is 0 Å². The summed E-state index contributed by atoms with van der Waals surface area (Å²) in [5, 5.41) is 16.3. The highest BCUT2D eigenvalue weighted by molar-refractivity contribution is 7.12. The fraction of sp³-hybridized carbons (Fsp3) is 0.647. The first kappa shape index (κ1) is 17.6. The Bertz CT molecular complexity index is 719. The maximum Gasteiger partial charge on any atom is 0.263 e. The second kappa shape index (κ2) is 7.81. The quantitative estimate of drug-likeness (QED) is 0.851. The number of aromatic nitrogens is 4. The number of morpholine rings is 1. The zero-order valence-corrected chi connectivity index (χ0v) is 15.6. The SMILES string of the molecule is O=C(NCC1(N2CCOCC2)CCCCC1)c1sccc1-n1cnnn1. The second-order valence-electron chi connectivity index (χ2n) is 6.96. The van der Waals surface area contributed by atoms with Crippen LogP contribution in [0.1, 0.15) is 41.8 Å². The van der Waals surface area contributed by atoms with E-state index in [0.717, 1.165) is 44.8 Å². The molecule has 2 aromatic rings. The number of nitrogens with one attached hydrogen (secondary N) is 1. The number of amides is 1. The maximum absolute atomic E-state index is 12.9. The molecule has 0 spiro atoms. The van der Waals surface area contributed by atoms with E-state index in [1.165, 1.54) is 41.6 Å². The number of carbonyl (C=O) groups is 1. The third kappa shape index (κ3) is 3.51. The van der Waals surface area contributed by atoms with E-state index in [0.29, 0.717) is 11.4 Å². The summed E-state index contributed by atoms with van der Waals surface area (Å²) in [5.74, 6) is -0.0521. The van der Waals surface area contributed by atoms with Gasteiger partial charge in [0.05, 0.1) is 18.9 Å². The lowest BCUT2D eigenvalue weighted by atomic mass is 9.79. The van der Waals surface area contributed by atoms with Crippen LogP contribution in [0, 0.1) is 0 Å². The molecule has 4 rings (SSSR count). The van der Waals surface area contributed by atoms with Crippen molar-refractivity contribution in [3.05, 3.63) is 22.7 Å². The number of carbonyl (C=O) groups excluding carboxylic acids is 1. The first-order chi connectivity index (χ1) is 12.8. The Morgan fingerprint density at radius 3 is 2.81 bits per heavy atom. The van der Waals surface area contributed by atoms with Crippen LogP contribution in [0.5, 0.6) is 0 Å². The highest BCUT2D eigenvalue weighted by Gasteiger charge is 2.39. The van der Waals surface area contributed by atoms with Crippen LogP contribution in [-0.2, 0) is 4.74 Å². The van der Waals surface area contributed by atoms with Crippen LogP contribution >= 0.6 is 11.3 Å². The van der Waals surface area contributed by atoms with Gasteiger partial charge in [-0.1, -0.05) is 19.3 Å². The lowest BCUT2D eigenvalue weighted by molar-refractivity contribution is -0.0361. The Kier molecular flexibility index (Phi) is 5.28. The molecule has 1 aliphatic heterocycles. The van der Waals surface area contributed by atoms with Gasteiger partial charge in [0.15, 0.2) is 0 Å². The molecule has 0 atom stereocenters. The first-order valence-corrected chi connectivity index (χ1v) is 10.1. The zero-order chi connectivity index (χ0) is 17.8. The monoisotopic (exact) mass is 376 g/mol. The molecule has 1 amide bonds. The lowest BCUT2D eigenvalue weighted by Gasteiger charge is -2.48. The van der Waals surface area contributed by atoms with Gasteiger partial charge in [0.25, 0.3) is 5.91 Å². The second-order valence-corrected chi connectivity index (χ2v) is 7.87. The Morgan fingerprint density at radius 2 is 2.08 bits per heavy atom. The molecule has 0 unspecified atom stereocenters. The molecule has 1 saturated heterocycles. The van der Waals surface area contributed by atoms with E-state index in [-0.39, 0.29) is 11.4 Å². The van der Waals surface area contributed by atoms with Crippen LogP contribution in [0.15, 0.2) is 17.8 Å². The van der Waals surface area contributed by atoms with Crippen molar-refractivity contribution in [3.8, 4) is 5.69 Å². The van der Waals surface area contributed by atoms with Crippen LogP contribution in [0.4, 0.5) is 0 Å². The Morgan fingerprint density at radius 1 is 1.27 bits per heavy atom. The number of thiophene rings is 1. The molecular formula is C17H24N6O2S. The number of nitrogens with zero attached hydrogens (tertiary/aromatic N) is 5. The summed E-state index contributed by atoms with van der Waals surface area (Å²) in [7, 11) is 0. The molecular weight excluding hydrogens is 352 g/mol. The van der Waals surface area contributed by atoms with Gasteiger partial charge >= 0.3 is 0 Å². The van der Waals surface area contributed by atoms with E-state index in [4.69, 9.17) is 4.74 Å². The van der Waals surface area contributed by atoms with E-state index < -0.39 is 0 Å². The molecule has 2 fully saturated rings. The van der Waals surface area contributed by atoms with Crippen molar-refractivity contribution < 1.29 is 9.53 Å². The molecule has 1 aliphatic carbocycles. The van der Waals surface area contributed by atoms with Gasteiger partial charge in [-0.2, -0.15) is 4.68 Å². The number of ether oxygens (including phenoxy) is 1. The Hall–Kier alpha value is -1.84. The third-order valence-corrected chi connectivity index (χ3v) is 6.39. The van der Waals surface area contributed by atoms with Gasteiger partial charge in [0.2, 0.25) is 0 Å². The number of tetrazole rings is 1. The molecule has 140 valence electrons. The van der Waals surface area contributed by atoms with Crippen LogP contribution < -0.4 is 5.32 Å². The molecule has 3 heterocycles. The number of rotatable bonds is 5. The molecule has 0 bridgehead atoms. The standard InChI is InChI=1S/C17H24N6O2S/c24-16(15-14(4-11-26-15)23-13-19-20-21-23)18-12-17(5-2-1-3-6-17)22-7-9-25-10-8-22/h4,11,13H,1-3,5-10,12H2,(H,18,24). The van der Waals surface area contributed by atoms with Gasteiger partial charge in [-0.15, -0.1) is 16.4 Å². The predicted molar refractivity (Wildman–Crippen MR) is 97.6 cm³/mol. The molecule has 26 heavy (non-hydrogen) atoms. The summed E-state index contributed by atoms with van der Waals surface area (Å²) in [4.78, 5) is 16.0. The molecule has 1 N–H and O–H groups in total. The van der Waals surface area contributed by atoms with Crippen molar-refractivity contribution in [1.29, 1.82) is 0 Å². The molecule has 1 saturated carbocycles. The zero-order valence-electron chi connectivity index (χ0n) is 14.8. The van der Waals surface area contributed by atoms with Gasteiger partial charge in [-0.25, -0.2) is 0 Å². The van der Waals surface area contributed by atoms with Crippen molar-refractivity contribution >= 4 is 17.2 Å². The van der Waals surface area contributed by atoms with E-state index in [2.05, 4.69) is 25.7 Å². The van der Waals surface area contributed by atoms with Crippen molar-refractivity contribution in [3.63, 3.8) is 0 Å². The molecule has 9 heteroatoms. The normalized spacial score (nSPS) is 20.8. The summed E-state index contributed by atoms with van der Waals surface area (Å²) in [6, 6.07) is 1.87. The van der Waals surface area contributed by atoms with Gasteiger partial charge in [0.1, 0.15) is 11.2 Å². The van der Waals surface area contributed by atoms with Crippen molar-refractivity contribution in [2.45, 2.75) is 37.6 Å². The van der Waals surface area contributed by atoms with Gasteiger partial charge < -0.3 is 10.1 Å². The van der Waals surface area contributed by atoms with Crippen molar-refractivity contribution in [1.82, 2.24) is 30.4 Å². The maximum atomic E-state index is 12.9. The molecule has 2 aromatic heterocycles. The minimum absolute atomic E-state index is 0.0521. The molecule has 0 aromatic carbocycles. The smallest absolute Gasteiger partial charge is 0.263 e. The molecule has 2 aliphatic rings. The van der Waals surface area contributed by atoms with Crippen molar-refractivity contribution in [2.75, 3.05) is 32.8 Å². The minimum atomic E-state index is -0.0521. The van der Waals surface area contributed by atoms with Crippen LogP contribution in [0.25, 0.3) is 5.69 Å². The highest BCUT2D eigenvalue weighted by atomic mass is 32.1. The van der Waals surface area contributed by atoms with Crippen LogP contribution in [-0.4, -0.2) is 69.4 Å². The first-order valence-electron chi connectivity index (χ1n) is 9.20. The summed E-state index contributed by atoms with van der Waals surface area (Å²) >= 11 is 1.41. The summed E-state index contributed by atoms with van der Waals surface area (Å²) in [6.07, 6.45) is 7.52. The van der Waals surface area contributed by atoms with E-state index in [9.17, 15) is 4.79 Å². The Labute approximate surface area is 156 Å². The van der Waals surface area contributed by atoms with Gasteiger partial charge in [-0.05, 0) is 34.7 Å². The fourth-order valence-corrected chi connectivity index (χ4v) is 4.90.